The third-order valence-electron chi connectivity index (χ3n) is 1.95. The van der Waals surface area contributed by atoms with Crippen LogP contribution in [0, 0.1) is 5.82 Å². The molecule has 0 aliphatic carbocycles. The molecule has 0 saturated carbocycles. The van der Waals surface area contributed by atoms with Crippen molar-refractivity contribution in [3.8, 4) is 0 Å². The summed E-state index contributed by atoms with van der Waals surface area (Å²) in [5.41, 5.74) is 0.566. The largest absolute Gasteiger partial charge is 0.363 e. The quantitative estimate of drug-likeness (QED) is 0.672. The molecule has 0 atom stereocenters. The minimum absolute atomic E-state index is 0.178. The molecule has 1 N–H and O–H groups in total. The van der Waals surface area contributed by atoms with Crippen LogP contribution in [0.1, 0.15) is 5.56 Å². The van der Waals surface area contributed by atoms with Gasteiger partial charge in [-0.2, -0.15) is 0 Å². The van der Waals surface area contributed by atoms with E-state index in [2.05, 4.69) is 14.4 Å². The molecule has 1 heterocycles. The standard InChI is InChI=1S/C10H7Cl2FN2OS/c11-5-6-3-8(13)9(4-7(6)12)17-15-10-1-2-16-14-10/h1-4H,5H2,(H,14,15). The molecule has 0 aliphatic rings. The first kappa shape index (κ1) is 12.5. The van der Waals surface area contributed by atoms with Crippen LogP contribution in [-0.2, 0) is 5.88 Å². The third-order valence-corrected chi connectivity index (χ3v) is 3.43. The highest BCUT2D eigenvalue weighted by molar-refractivity contribution is 8.00. The molecular weight excluding hydrogens is 286 g/mol. The SMILES string of the molecule is Fc1cc(CCl)c(Cl)cc1SNc1ccon1. The molecule has 1 aromatic carbocycles. The molecule has 2 aromatic rings. The van der Waals surface area contributed by atoms with E-state index in [1.54, 1.807) is 6.07 Å². The van der Waals surface area contributed by atoms with Crippen molar-refractivity contribution in [1.82, 2.24) is 5.16 Å². The number of benzene rings is 1. The van der Waals surface area contributed by atoms with Crippen molar-refractivity contribution in [1.29, 1.82) is 0 Å². The van der Waals surface area contributed by atoms with Gasteiger partial charge in [0.1, 0.15) is 12.1 Å². The van der Waals surface area contributed by atoms with Crippen molar-refractivity contribution in [2.75, 3.05) is 4.72 Å². The number of nitrogens with zero attached hydrogens (tertiary/aromatic N) is 1. The van der Waals surface area contributed by atoms with E-state index in [1.807, 2.05) is 0 Å². The first-order chi connectivity index (χ1) is 8.20. The van der Waals surface area contributed by atoms with Crippen molar-refractivity contribution >= 4 is 41.0 Å². The van der Waals surface area contributed by atoms with Crippen molar-refractivity contribution in [2.24, 2.45) is 0 Å². The number of nitrogens with one attached hydrogen (secondary N) is 1. The van der Waals surface area contributed by atoms with E-state index in [9.17, 15) is 4.39 Å². The highest BCUT2D eigenvalue weighted by Crippen LogP contribution is 2.29. The number of anilines is 1. The van der Waals surface area contributed by atoms with Crippen molar-refractivity contribution < 1.29 is 8.91 Å². The predicted octanol–water partition coefficient (Wildman–Crippen LogP) is 4.33. The maximum atomic E-state index is 13.6. The lowest BCUT2D eigenvalue weighted by molar-refractivity contribution is 0.423. The minimum atomic E-state index is -0.383. The summed E-state index contributed by atoms with van der Waals surface area (Å²) in [5, 5.41) is 4.07. The monoisotopic (exact) mass is 292 g/mol. The van der Waals surface area contributed by atoms with Gasteiger partial charge in [0.05, 0.1) is 4.90 Å². The van der Waals surface area contributed by atoms with Gasteiger partial charge in [-0.3, -0.25) is 0 Å². The van der Waals surface area contributed by atoms with Gasteiger partial charge in [0.15, 0.2) is 5.82 Å². The van der Waals surface area contributed by atoms with Crippen LogP contribution in [-0.4, -0.2) is 5.16 Å². The normalized spacial score (nSPS) is 10.5. The van der Waals surface area contributed by atoms with Crippen molar-refractivity contribution in [3.05, 3.63) is 40.9 Å². The van der Waals surface area contributed by atoms with Gasteiger partial charge in [0.25, 0.3) is 0 Å². The van der Waals surface area contributed by atoms with Gasteiger partial charge in [-0.05, 0) is 29.6 Å². The highest BCUT2D eigenvalue weighted by Gasteiger charge is 2.09. The van der Waals surface area contributed by atoms with Crippen LogP contribution in [0.3, 0.4) is 0 Å². The number of aromatic nitrogens is 1. The second-order valence-corrected chi connectivity index (χ2v) is 4.62. The first-order valence-electron chi connectivity index (χ1n) is 4.58. The predicted molar refractivity (Wildman–Crippen MR) is 66.9 cm³/mol. The molecule has 0 fully saturated rings. The smallest absolute Gasteiger partial charge is 0.179 e. The summed E-state index contributed by atoms with van der Waals surface area (Å²) in [6.45, 7) is 0. The van der Waals surface area contributed by atoms with E-state index in [0.29, 0.717) is 21.3 Å². The van der Waals surface area contributed by atoms with Gasteiger partial charge in [-0.25, -0.2) is 4.39 Å². The molecule has 0 saturated heterocycles. The zero-order chi connectivity index (χ0) is 12.3. The summed E-state index contributed by atoms with van der Waals surface area (Å²) in [6, 6.07) is 4.47. The molecule has 1 aromatic heterocycles. The van der Waals surface area contributed by atoms with E-state index in [4.69, 9.17) is 23.2 Å². The van der Waals surface area contributed by atoms with Gasteiger partial charge < -0.3 is 9.25 Å². The van der Waals surface area contributed by atoms with E-state index in [1.165, 1.54) is 18.4 Å². The maximum Gasteiger partial charge on any atom is 0.179 e. The number of halogens is 3. The van der Waals surface area contributed by atoms with Crippen LogP contribution >= 0.6 is 35.1 Å². The zero-order valence-corrected chi connectivity index (χ0v) is 10.7. The average molecular weight is 293 g/mol. The molecule has 0 spiro atoms. The molecule has 0 amide bonds. The van der Waals surface area contributed by atoms with E-state index >= 15 is 0 Å². The van der Waals surface area contributed by atoms with Crippen molar-refractivity contribution in [2.45, 2.75) is 10.8 Å². The van der Waals surface area contributed by atoms with Gasteiger partial charge in [-0.15, -0.1) is 11.6 Å². The van der Waals surface area contributed by atoms with Crippen LogP contribution < -0.4 is 4.72 Å². The molecule has 0 radical (unpaired) electrons. The molecule has 90 valence electrons. The molecular formula is C10H7Cl2FN2OS. The maximum absolute atomic E-state index is 13.6. The Kier molecular flexibility index (Phi) is 4.15. The second-order valence-electron chi connectivity index (χ2n) is 3.10. The number of hydrogen-bond acceptors (Lipinski definition) is 4. The summed E-state index contributed by atoms with van der Waals surface area (Å²) >= 11 is 12.6. The minimum Gasteiger partial charge on any atom is -0.363 e. The van der Waals surface area contributed by atoms with Gasteiger partial charge in [0, 0.05) is 17.0 Å². The number of rotatable bonds is 4. The molecule has 3 nitrogen and oxygen atoms in total. The topological polar surface area (TPSA) is 38.1 Å². The summed E-state index contributed by atoms with van der Waals surface area (Å²) in [6.07, 6.45) is 1.42. The lowest BCUT2D eigenvalue weighted by Gasteiger charge is -2.06. The lowest BCUT2D eigenvalue weighted by atomic mass is 10.2. The fourth-order valence-corrected chi connectivity index (χ4v) is 2.36. The Hall–Kier alpha value is -0.910. The summed E-state index contributed by atoms with van der Waals surface area (Å²) in [4.78, 5) is 0.367. The zero-order valence-electron chi connectivity index (χ0n) is 8.41. The van der Waals surface area contributed by atoms with Gasteiger partial charge in [-0.1, -0.05) is 16.8 Å². The van der Waals surface area contributed by atoms with Crippen LogP contribution in [0.5, 0.6) is 0 Å². The number of alkyl halides is 1. The molecule has 0 bridgehead atoms. The van der Waals surface area contributed by atoms with Crippen LogP contribution in [0.4, 0.5) is 10.2 Å². The molecule has 2 rings (SSSR count). The van der Waals surface area contributed by atoms with Gasteiger partial charge >= 0.3 is 0 Å². The number of hydrogen-bond donors (Lipinski definition) is 1. The fraction of sp³-hybridized carbons (Fsp3) is 0.100. The molecule has 0 unspecified atom stereocenters. The second kappa shape index (κ2) is 5.62. The Morgan fingerprint density at radius 1 is 1.47 bits per heavy atom. The van der Waals surface area contributed by atoms with Crippen LogP contribution in [0.25, 0.3) is 0 Å². The Morgan fingerprint density at radius 3 is 2.94 bits per heavy atom. The summed E-state index contributed by atoms with van der Waals surface area (Å²) in [7, 11) is 0. The van der Waals surface area contributed by atoms with E-state index in [0.717, 1.165) is 11.9 Å². The fourth-order valence-electron chi connectivity index (χ4n) is 1.12. The van der Waals surface area contributed by atoms with Crippen molar-refractivity contribution in [3.63, 3.8) is 0 Å². The van der Waals surface area contributed by atoms with E-state index < -0.39 is 0 Å². The Bertz CT molecular complexity index is 507. The lowest BCUT2D eigenvalue weighted by Crippen LogP contribution is -1.92. The Labute approximate surface area is 111 Å². The van der Waals surface area contributed by atoms with Crippen LogP contribution in [0.15, 0.2) is 33.9 Å². The average Bonchev–Trinajstić information content (AvgIpc) is 2.82. The molecule has 0 aliphatic heterocycles. The Balaban J connectivity index is 2.13. The molecule has 17 heavy (non-hydrogen) atoms. The summed E-state index contributed by atoms with van der Waals surface area (Å²) in [5.74, 6) is 0.301. The van der Waals surface area contributed by atoms with Gasteiger partial charge in [0.2, 0.25) is 0 Å². The summed E-state index contributed by atoms with van der Waals surface area (Å²) < 4.78 is 21.1. The van der Waals surface area contributed by atoms with Crippen LogP contribution in [0.2, 0.25) is 5.02 Å². The third kappa shape index (κ3) is 3.06. The first-order valence-corrected chi connectivity index (χ1v) is 6.30. The molecule has 7 heteroatoms. The highest BCUT2D eigenvalue weighted by atomic mass is 35.5. The van der Waals surface area contributed by atoms with E-state index in [-0.39, 0.29) is 11.7 Å². The Morgan fingerprint density at radius 2 is 2.29 bits per heavy atom.